The maximum atomic E-state index is 12.9. The smallest absolute Gasteiger partial charge is 0.254 e. The summed E-state index contributed by atoms with van der Waals surface area (Å²) in [5, 5.41) is 8.82. The zero-order valence-corrected chi connectivity index (χ0v) is 18.1. The number of benzene rings is 2. The van der Waals surface area contributed by atoms with E-state index in [0.717, 1.165) is 0 Å². The van der Waals surface area contributed by atoms with Crippen molar-refractivity contribution in [1.82, 2.24) is 20.0 Å². The van der Waals surface area contributed by atoms with Crippen LogP contribution in [0, 0.1) is 0 Å². The summed E-state index contributed by atoms with van der Waals surface area (Å²) in [4.78, 5) is 16.9. The highest BCUT2D eigenvalue weighted by atomic mass is 35.5. The molecule has 31 heavy (non-hydrogen) atoms. The van der Waals surface area contributed by atoms with Crippen LogP contribution < -0.4 is 9.47 Å². The number of nitrogens with zero attached hydrogens (tertiary/aromatic N) is 4. The lowest BCUT2D eigenvalue weighted by Crippen LogP contribution is -2.48. The molecule has 1 fully saturated rings. The molecule has 2 heterocycles. The van der Waals surface area contributed by atoms with Gasteiger partial charge in [0.05, 0.1) is 31.4 Å². The van der Waals surface area contributed by atoms with E-state index in [2.05, 4.69) is 15.1 Å². The molecule has 1 aliphatic heterocycles. The van der Waals surface area contributed by atoms with Gasteiger partial charge in [-0.1, -0.05) is 23.7 Å². The summed E-state index contributed by atoms with van der Waals surface area (Å²) in [7, 11) is 3.12. The van der Waals surface area contributed by atoms with Crippen molar-refractivity contribution in [2.75, 3.05) is 40.4 Å². The van der Waals surface area contributed by atoms with Crippen molar-refractivity contribution >= 4 is 17.5 Å². The molecule has 2 aromatic carbocycles. The standard InChI is InChI=1S/C22H23ClN4O4/c1-29-18-8-7-15(13-19(18)30-2)22(28)27-11-9-26(10-12-27)14-20-24-25-21(31-20)16-5-3-4-6-17(16)23/h3-8,13H,9-12,14H2,1-2H3. The molecule has 0 spiro atoms. The number of rotatable bonds is 6. The van der Waals surface area contributed by atoms with E-state index >= 15 is 0 Å². The molecule has 1 saturated heterocycles. The molecule has 0 aliphatic carbocycles. The van der Waals surface area contributed by atoms with Crippen molar-refractivity contribution < 1.29 is 18.7 Å². The molecular weight excluding hydrogens is 420 g/mol. The summed E-state index contributed by atoms with van der Waals surface area (Å²) in [6.07, 6.45) is 0. The van der Waals surface area contributed by atoms with Crippen molar-refractivity contribution in [2.24, 2.45) is 0 Å². The molecular formula is C22H23ClN4O4. The Bertz CT molecular complexity index is 1060. The van der Waals surface area contributed by atoms with Crippen LogP contribution in [0.2, 0.25) is 5.02 Å². The van der Waals surface area contributed by atoms with Gasteiger partial charge in [0.1, 0.15) is 0 Å². The second-order valence-electron chi connectivity index (χ2n) is 7.12. The van der Waals surface area contributed by atoms with Crippen molar-refractivity contribution in [3.8, 4) is 23.0 Å². The molecule has 1 aliphatic rings. The Labute approximate surface area is 185 Å². The third kappa shape index (κ3) is 4.65. The predicted molar refractivity (Wildman–Crippen MR) is 115 cm³/mol. The van der Waals surface area contributed by atoms with E-state index in [1.807, 2.05) is 23.1 Å². The fraction of sp³-hybridized carbons (Fsp3) is 0.318. The lowest BCUT2D eigenvalue weighted by Gasteiger charge is -2.34. The molecule has 162 valence electrons. The van der Waals surface area contributed by atoms with Crippen molar-refractivity contribution in [2.45, 2.75) is 6.54 Å². The van der Waals surface area contributed by atoms with E-state index < -0.39 is 0 Å². The highest BCUT2D eigenvalue weighted by Gasteiger charge is 2.24. The molecule has 0 atom stereocenters. The lowest BCUT2D eigenvalue weighted by atomic mass is 10.1. The topological polar surface area (TPSA) is 80.9 Å². The van der Waals surface area contributed by atoms with E-state index in [-0.39, 0.29) is 5.91 Å². The Kier molecular flexibility index (Phi) is 6.39. The summed E-state index contributed by atoms with van der Waals surface area (Å²) < 4.78 is 16.3. The maximum absolute atomic E-state index is 12.9. The van der Waals surface area contributed by atoms with E-state index in [9.17, 15) is 4.79 Å². The lowest BCUT2D eigenvalue weighted by molar-refractivity contribution is 0.0618. The van der Waals surface area contributed by atoms with Crippen molar-refractivity contribution in [3.05, 3.63) is 58.9 Å². The molecule has 0 unspecified atom stereocenters. The van der Waals surface area contributed by atoms with Gasteiger partial charge in [-0.25, -0.2) is 0 Å². The number of halogens is 1. The van der Waals surface area contributed by atoms with Gasteiger partial charge < -0.3 is 18.8 Å². The number of aromatic nitrogens is 2. The highest BCUT2D eigenvalue weighted by Crippen LogP contribution is 2.29. The first-order valence-corrected chi connectivity index (χ1v) is 10.3. The minimum atomic E-state index is -0.0283. The van der Waals surface area contributed by atoms with Crippen LogP contribution in [0.4, 0.5) is 0 Å². The number of ether oxygens (including phenoxy) is 2. The van der Waals surface area contributed by atoms with Crippen LogP contribution in [0.5, 0.6) is 11.5 Å². The van der Waals surface area contributed by atoms with Gasteiger partial charge in [0.25, 0.3) is 5.91 Å². The molecule has 0 saturated carbocycles. The number of hydrogen-bond donors (Lipinski definition) is 0. The molecule has 0 bridgehead atoms. The summed E-state index contributed by atoms with van der Waals surface area (Å²) in [5.74, 6) is 2.04. The summed E-state index contributed by atoms with van der Waals surface area (Å²) >= 11 is 6.20. The first kappa shape index (κ1) is 21.1. The molecule has 1 aromatic heterocycles. The number of piperazine rings is 1. The van der Waals surface area contributed by atoms with Gasteiger partial charge in [-0.05, 0) is 30.3 Å². The van der Waals surface area contributed by atoms with Crippen LogP contribution in [-0.4, -0.2) is 66.3 Å². The monoisotopic (exact) mass is 442 g/mol. The normalized spacial score (nSPS) is 14.5. The fourth-order valence-corrected chi connectivity index (χ4v) is 3.73. The molecule has 1 amide bonds. The van der Waals surface area contributed by atoms with Crippen LogP contribution in [0.3, 0.4) is 0 Å². The number of amides is 1. The summed E-state index contributed by atoms with van der Waals surface area (Å²) in [5.41, 5.74) is 1.29. The Hall–Kier alpha value is -3.10. The van der Waals surface area contributed by atoms with E-state index in [4.69, 9.17) is 25.5 Å². The Balaban J connectivity index is 1.35. The number of hydrogen-bond acceptors (Lipinski definition) is 7. The Morgan fingerprint density at radius 2 is 1.77 bits per heavy atom. The first-order valence-electron chi connectivity index (χ1n) is 9.90. The first-order chi connectivity index (χ1) is 15.1. The largest absolute Gasteiger partial charge is 0.493 e. The SMILES string of the molecule is COc1ccc(C(=O)N2CCN(Cc3nnc(-c4ccccc4Cl)o3)CC2)cc1OC. The van der Waals surface area contributed by atoms with Gasteiger partial charge in [-0.3, -0.25) is 9.69 Å². The Morgan fingerprint density at radius 1 is 1.03 bits per heavy atom. The van der Waals surface area contributed by atoms with Crippen LogP contribution in [0.25, 0.3) is 11.5 Å². The van der Waals surface area contributed by atoms with Crippen LogP contribution >= 0.6 is 11.6 Å². The van der Waals surface area contributed by atoms with Gasteiger partial charge in [0, 0.05) is 31.7 Å². The van der Waals surface area contributed by atoms with E-state index in [1.165, 1.54) is 0 Å². The van der Waals surface area contributed by atoms with Crippen LogP contribution in [-0.2, 0) is 6.54 Å². The third-order valence-electron chi connectivity index (χ3n) is 5.22. The summed E-state index contributed by atoms with van der Waals surface area (Å²) in [6, 6.07) is 12.6. The van der Waals surface area contributed by atoms with Gasteiger partial charge in [-0.15, -0.1) is 10.2 Å². The fourth-order valence-electron chi connectivity index (χ4n) is 3.51. The molecule has 9 heteroatoms. The number of carbonyl (C=O) groups excluding carboxylic acids is 1. The quantitative estimate of drug-likeness (QED) is 0.579. The molecule has 3 aromatic rings. The van der Waals surface area contributed by atoms with Crippen LogP contribution in [0.15, 0.2) is 46.9 Å². The second kappa shape index (κ2) is 9.36. The number of carbonyl (C=O) groups is 1. The van der Waals surface area contributed by atoms with Gasteiger partial charge in [0.15, 0.2) is 11.5 Å². The van der Waals surface area contributed by atoms with Crippen molar-refractivity contribution in [3.63, 3.8) is 0 Å². The number of methoxy groups -OCH3 is 2. The average molecular weight is 443 g/mol. The average Bonchev–Trinajstić information content (AvgIpc) is 3.27. The van der Waals surface area contributed by atoms with Gasteiger partial charge >= 0.3 is 0 Å². The van der Waals surface area contributed by atoms with E-state index in [0.29, 0.717) is 72.2 Å². The minimum Gasteiger partial charge on any atom is -0.493 e. The zero-order chi connectivity index (χ0) is 21.8. The zero-order valence-electron chi connectivity index (χ0n) is 17.4. The minimum absolute atomic E-state index is 0.0283. The summed E-state index contributed by atoms with van der Waals surface area (Å²) in [6.45, 7) is 3.17. The van der Waals surface area contributed by atoms with Crippen molar-refractivity contribution in [1.29, 1.82) is 0 Å². The van der Waals surface area contributed by atoms with E-state index in [1.54, 1.807) is 38.5 Å². The predicted octanol–water partition coefficient (Wildman–Crippen LogP) is 3.37. The van der Waals surface area contributed by atoms with Crippen LogP contribution in [0.1, 0.15) is 16.2 Å². The molecule has 8 nitrogen and oxygen atoms in total. The molecule has 4 rings (SSSR count). The maximum Gasteiger partial charge on any atom is 0.254 e. The Morgan fingerprint density at radius 3 is 2.48 bits per heavy atom. The molecule has 0 radical (unpaired) electrons. The highest BCUT2D eigenvalue weighted by molar-refractivity contribution is 6.33. The third-order valence-corrected chi connectivity index (χ3v) is 5.55. The molecule has 0 N–H and O–H groups in total. The van der Waals surface area contributed by atoms with Gasteiger partial charge in [0.2, 0.25) is 11.8 Å². The second-order valence-corrected chi connectivity index (χ2v) is 7.53. The van der Waals surface area contributed by atoms with Gasteiger partial charge in [-0.2, -0.15) is 0 Å².